The van der Waals surface area contributed by atoms with Crippen LogP contribution in [0.5, 0.6) is 0 Å². The van der Waals surface area contributed by atoms with Crippen LogP contribution in [0.1, 0.15) is 39.2 Å². The summed E-state index contributed by atoms with van der Waals surface area (Å²) in [6.45, 7) is 7.00. The molecule has 0 bridgehead atoms. The predicted octanol–water partition coefficient (Wildman–Crippen LogP) is 0.754. The van der Waals surface area contributed by atoms with Gasteiger partial charge in [-0.25, -0.2) is 13.1 Å². The van der Waals surface area contributed by atoms with Crippen LogP contribution >= 0.6 is 0 Å². The molecule has 120 valence electrons. The lowest BCUT2D eigenvalue weighted by molar-refractivity contribution is 0.0902. The third-order valence-corrected chi connectivity index (χ3v) is 5.08. The molecule has 7 nitrogen and oxygen atoms in total. The molecule has 3 N–H and O–H groups in total. The van der Waals surface area contributed by atoms with E-state index < -0.39 is 10.0 Å². The lowest BCUT2D eigenvalue weighted by atomic mass is 10.1. The summed E-state index contributed by atoms with van der Waals surface area (Å²) in [5.41, 5.74) is 0.635. The molecule has 1 fully saturated rings. The van der Waals surface area contributed by atoms with Gasteiger partial charge in [0.15, 0.2) is 5.03 Å². The molecule has 1 saturated heterocycles. The van der Waals surface area contributed by atoms with E-state index in [9.17, 15) is 8.42 Å². The highest BCUT2D eigenvalue weighted by atomic mass is 32.2. The molecule has 1 aliphatic heterocycles. The van der Waals surface area contributed by atoms with Gasteiger partial charge in [-0.1, -0.05) is 13.8 Å². The number of hydrogen-bond acceptors (Lipinski definition) is 5. The third kappa shape index (κ3) is 4.26. The number of ether oxygens (including phenoxy) is 1. The largest absolute Gasteiger partial charge is 0.377 e. The molecule has 0 saturated carbocycles. The molecule has 0 radical (unpaired) electrons. The van der Waals surface area contributed by atoms with E-state index in [1.165, 1.54) is 0 Å². The monoisotopic (exact) mass is 316 g/mol. The Morgan fingerprint density at radius 3 is 2.86 bits per heavy atom. The zero-order chi connectivity index (χ0) is 15.5. The van der Waals surface area contributed by atoms with Crippen molar-refractivity contribution < 1.29 is 13.2 Å². The number of aromatic nitrogens is 2. The van der Waals surface area contributed by atoms with Crippen molar-refractivity contribution in [2.75, 3.05) is 6.61 Å². The number of hydrogen-bond donors (Lipinski definition) is 3. The van der Waals surface area contributed by atoms with E-state index in [1.807, 2.05) is 20.8 Å². The minimum atomic E-state index is -3.62. The van der Waals surface area contributed by atoms with Crippen LogP contribution in [0.15, 0.2) is 11.2 Å². The Kier molecular flexibility index (Phi) is 5.37. The minimum Gasteiger partial charge on any atom is -0.377 e. The number of sulfonamides is 1. The van der Waals surface area contributed by atoms with E-state index in [-0.39, 0.29) is 23.2 Å². The topological polar surface area (TPSA) is 96.1 Å². The summed E-state index contributed by atoms with van der Waals surface area (Å²) in [4.78, 5) is 0. The third-order valence-electron chi connectivity index (χ3n) is 3.51. The van der Waals surface area contributed by atoms with E-state index >= 15 is 0 Å². The Hall–Kier alpha value is -0.960. The summed E-state index contributed by atoms with van der Waals surface area (Å²) < 4.78 is 33.1. The minimum absolute atomic E-state index is 0.0556. The molecule has 2 heterocycles. The number of nitrogens with one attached hydrogen (secondary N) is 3. The zero-order valence-corrected chi connectivity index (χ0v) is 13.5. The van der Waals surface area contributed by atoms with Gasteiger partial charge in [-0.3, -0.25) is 5.10 Å². The van der Waals surface area contributed by atoms with Gasteiger partial charge < -0.3 is 10.1 Å². The van der Waals surface area contributed by atoms with E-state index in [1.54, 1.807) is 6.20 Å². The average molecular weight is 316 g/mol. The molecule has 2 unspecified atom stereocenters. The Balaban J connectivity index is 2.06. The standard InChI is InChI=1S/C13H24N4O3S/c1-9(2)14-7-11-8-15-16-13(11)21(18,19)17-10(3)12-5-4-6-20-12/h8-10,12,14,17H,4-7H2,1-3H3,(H,15,16). The Labute approximate surface area is 125 Å². The maximum atomic E-state index is 12.5. The SMILES string of the molecule is CC(C)NCc1cn[nH]c1S(=O)(=O)NC(C)C1CCCO1. The summed E-state index contributed by atoms with van der Waals surface area (Å²) in [6.07, 6.45) is 3.35. The first-order chi connectivity index (χ1) is 9.90. The molecule has 0 spiro atoms. The van der Waals surface area contributed by atoms with Crippen molar-refractivity contribution >= 4 is 10.0 Å². The molecule has 8 heteroatoms. The van der Waals surface area contributed by atoms with Gasteiger partial charge in [0.05, 0.1) is 12.3 Å². The molecule has 0 amide bonds. The molecule has 2 atom stereocenters. The molecule has 0 aliphatic carbocycles. The van der Waals surface area contributed by atoms with E-state index in [0.717, 1.165) is 12.8 Å². The highest BCUT2D eigenvalue weighted by Gasteiger charge is 2.29. The number of aromatic amines is 1. The number of H-pyrrole nitrogens is 1. The van der Waals surface area contributed by atoms with Gasteiger partial charge in [0, 0.05) is 30.8 Å². The van der Waals surface area contributed by atoms with E-state index in [0.29, 0.717) is 18.7 Å². The van der Waals surface area contributed by atoms with Crippen molar-refractivity contribution in [1.29, 1.82) is 0 Å². The summed E-state index contributed by atoms with van der Waals surface area (Å²) >= 11 is 0. The van der Waals surface area contributed by atoms with Crippen LogP contribution in [-0.2, 0) is 21.3 Å². The predicted molar refractivity (Wildman–Crippen MR) is 79.3 cm³/mol. The lowest BCUT2D eigenvalue weighted by Gasteiger charge is -2.19. The molecular formula is C13H24N4O3S. The van der Waals surface area contributed by atoms with Gasteiger partial charge in [0.25, 0.3) is 10.0 Å². The zero-order valence-electron chi connectivity index (χ0n) is 12.7. The molecule has 1 aliphatic rings. The van der Waals surface area contributed by atoms with Gasteiger partial charge in [-0.2, -0.15) is 5.10 Å². The first-order valence-electron chi connectivity index (χ1n) is 7.29. The van der Waals surface area contributed by atoms with Crippen LogP contribution in [0, 0.1) is 0 Å². The highest BCUT2D eigenvalue weighted by Crippen LogP contribution is 2.18. The summed E-state index contributed by atoms with van der Waals surface area (Å²) in [5, 5.41) is 9.76. The van der Waals surface area contributed by atoms with Crippen LogP contribution in [0.4, 0.5) is 0 Å². The maximum Gasteiger partial charge on any atom is 0.258 e. The Morgan fingerprint density at radius 2 is 2.24 bits per heavy atom. The Bertz CT molecular complexity index is 550. The van der Waals surface area contributed by atoms with Crippen molar-refractivity contribution in [3.8, 4) is 0 Å². The van der Waals surface area contributed by atoms with Gasteiger partial charge in [-0.15, -0.1) is 0 Å². The fraction of sp³-hybridized carbons (Fsp3) is 0.769. The van der Waals surface area contributed by atoms with Gasteiger partial charge in [0.2, 0.25) is 0 Å². The summed E-state index contributed by atoms with van der Waals surface area (Å²) in [6, 6.07) is 0.0148. The highest BCUT2D eigenvalue weighted by molar-refractivity contribution is 7.89. The first-order valence-corrected chi connectivity index (χ1v) is 8.78. The molecule has 2 rings (SSSR count). The number of nitrogens with zero attached hydrogens (tertiary/aromatic N) is 1. The van der Waals surface area contributed by atoms with Crippen molar-refractivity contribution in [1.82, 2.24) is 20.2 Å². The van der Waals surface area contributed by atoms with Crippen molar-refractivity contribution in [3.63, 3.8) is 0 Å². The van der Waals surface area contributed by atoms with E-state index in [4.69, 9.17) is 4.74 Å². The summed E-state index contributed by atoms with van der Waals surface area (Å²) in [7, 11) is -3.62. The molecule has 21 heavy (non-hydrogen) atoms. The lowest BCUT2D eigenvalue weighted by Crippen LogP contribution is -2.41. The van der Waals surface area contributed by atoms with Crippen molar-refractivity contribution in [2.45, 2.75) is 63.4 Å². The van der Waals surface area contributed by atoms with Crippen LogP contribution in [-0.4, -0.2) is 43.4 Å². The maximum absolute atomic E-state index is 12.5. The van der Waals surface area contributed by atoms with Crippen molar-refractivity contribution in [3.05, 3.63) is 11.8 Å². The second-order valence-electron chi connectivity index (χ2n) is 5.72. The van der Waals surface area contributed by atoms with Crippen molar-refractivity contribution in [2.24, 2.45) is 0 Å². The van der Waals surface area contributed by atoms with Gasteiger partial charge in [-0.05, 0) is 19.8 Å². The van der Waals surface area contributed by atoms with Gasteiger partial charge >= 0.3 is 0 Å². The van der Waals surface area contributed by atoms with Crippen LogP contribution in [0.3, 0.4) is 0 Å². The first kappa shape index (κ1) is 16.4. The van der Waals surface area contributed by atoms with Gasteiger partial charge in [0.1, 0.15) is 0 Å². The second-order valence-corrected chi connectivity index (χ2v) is 7.37. The van der Waals surface area contributed by atoms with E-state index in [2.05, 4.69) is 20.2 Å². The fourth-order valence-corrected chi connectivity index (χ4v) is 3.75. The van der Waals surface area contributed by atoms with Crippen LogP contribution < -0.4 is 10.0 Å². The molecule has 0 aromatic carbocycles. The number of rotatable bonds is 7. The average Bonchev–Trinajstić information content (AvgIpc) is 3.07. The summed E-state index contributed by atoms with van der Waals surface area (Å²) in [5.74, 6) is 0. The molecular weight excluding hydrogens is 292 g/mol. The quantitative estimate of drug-likeness (QED) is 0.690. The Morgan fingerprint density at radius 1 is 1.48 bits per heavy atom. The fourth-order valence-electron chi connectivity index (χ4n) is 2.35. The molecule has 1 aromatic heterocycles. The smallest absolute Gasteiger partial charge is 0.258 e. The second kappa shape index (κ2) is 6.87. The molecule has 1 aromatic rings. The normalized spacial score (nSPS) is 21.0. The van der Waals surface area contributed by atoms with Crippen LogP contribution in [0.25, 0.3) is 0 Å². The van der Waals surface area contributed by atoms with Crippen LogP contribution in [0.2, 0.25) is 0 Å².